The Labute approximate surface area is 441 Å². The Hall–Kier alpha value is -7.92. The molecule has 2 N–H and O–H groups in total. The lowest BCUT2D eigenvalue weighted by Crippen LogP contribution is -2.44. The first-order valence-corrected chi connectivity index (χ1v) is 22.2. The molecule has 416 valence electrons. The minimum absolute atomic E-state index is 0.0488. The van der Waals surface area contributed by atoms with Gasteiger partial charge in [-0.1, -0.05) is 57.2 Å². The van der Waals surface area contributed by atoms with Gasteiger partial charge in [0.2, 0.25) is 12.4 Å². The Morgan fingerprint density at radius 2 is 1.03 bits per heavy atom. The van der Waals surface area contributed by atoms with Crippen molar-refractivity contribution in [2.45, 2.75) is 30.3 Å². The van der Waals surface area contributed by atoms with Crippen molar-refractivity contribution in [1.82, 2.24) is 19.2 Å². The van der Waals surface area contributed by atoms with Crippen LogP contribution in [0, 0.1) is 18.8 Å². The van der Waals surface area contributed by atoms with E-state index in [1.54, 1.807) is 12.1 Å². The van der Waals surface area contributed by atoms with Crippen molar-refractivity contribution in [2.75, 3.05) is 48.5 Å². The highest BCUT2D eigenvalue weighted by Crippen LogP contribution is 2.37. The van der Waals surface area contributed by atoms with Crippen LogP contribution in [0.5, 0.6) is 0 Å². The van der Waals surface area contributed by atoms with E-state index in [0.29, 0.717) is 27.4 Å². The largest absolute Gasteiger partial charge is 0.744 e. The first kappa shape index (κ1) is 65.2. The van der Waals surface area contributed by atoms with Crippen LogP contribution in [0.3, 0.4) is 0 Å². The molecule has 0 spiro atoms. The van der Waals surface area contributed by atoms with Gasteiger partial charge in [0.25, 0.3) is 0 Å². The van der Waals surface area contributed by atoms with Gasteiger partial charge in [-0.05, 0) is 37.3 Å². The number of carbonyl (C=O) groups is 6. The van der Waals surface area contributed by atoms with E-state index in [9.17, 15) is 81.3 Å². The molecule has 0 unspecified atom stereocenters. The van der Waals surface area contributed by atoms with Crippen LogP contribution >= 0.6 is 34.8 Å². The molecule has 0 aliphatic carbocycles. The van der Waals surface area contributed by atoms with Gasteiger partial charge in [-0.15, -0.1) is 0 Å². The molecule has 34 heteroatoms. The average Bonchev–Trinajstić information content (AvgIpc) is 3.93. The number of nitrogens with zero attached hydrogens (tertiary/aromatic N) is 5. The number of fused-ring (bicyclic) bond motifs is 2. The van der Waals surface area contributed by atoms with Crippen molar-refractivity contribution in [3.8, 4) is 11.8 Å². The van der Waals surface area contributed by atoms with Crippen LogP contribution in [0.1, 0.15) is 63.9 Å². The lowest BCUT2D eigenvalue weighted by Gasteiger charge is -2.10. The van der Waals surface area contributed by atoms with E-state index < -0.39 is 109 Å². The van der Waals surface area contributed by atoms with Crippen LogP contribution in [0.15, 0.2) is 72.1 Å². The predicted molar refractivity (Wildman–Crippen MR) is 244 cm³/mol. The monoisotopic (exact) mass is 1180 g/mol. The zero-order valence-electron chi connectivity index (χ0n) is 39.7. The number of halogens is 12. The van der Waals surface area contributed by atoms with E-state index in [1.807, 2.05) is 18.8 Å². The molecule has 0 fully saturated rings. The van der Waals surface area contributed by atoms with Gasteiger partial charge < -0.3 is 33.0 Å². The van der Waals surface area contributed by atoms with Crippen LogP contribution in [0.4, 0.5) is 39.5 Å². The summed E-state index contributed by atoms with van der Waals surface area (Å²) in [5.74, 6) is 3.16. The zero-order chi connectivity index (χ0) is 59.1. The summed E-state index contributed by atoms with van der Waals surface area (Å²) in [4.78, 5) is 67.2. The third-order valence-corrected chi connectivity index (χ3v) is 10.2. The van der Waals surface area contributed by atoms with Gasteiger partial charge in [0, 0.05) is 24.2 Å². The Kier molecular flexibility index (Phi) is 23.0. The highest BCUT2D eigenvalue weighted by atomic mass is 35.5. The van der Waals surface area contributed by atoms with Crippen LogP contribution in [0.25, 0.3) is 11.0 Å². The fraction of sp³-hybridized carbons (Fsp3) is 0.233. The number of hydrogen-bond acceptors (Lipinski definition) is 18. The third kappa shape index (κ3) is 18.4. The maximum absolute atomic E-state index is 13.2. The highest BCUT2D eigenvalue weighted by Gasteiger charge is 2.39. The number of alkyl halides is 9. The summed E-state index contributed by atoms with van der Waals surface area (Å²) in [6, 6.07) is 7.86. The Balaban J connectivity index is 0.000000344. The van der Waals surface area contributed by atoms with E-state index in [1.165, 1.54) is 32.5 Å². The van der Waals surface area contributed by atoms with Crippen molar-refractivity contribution in [3.63, 3.8) is 0 Å². The summed E-state index contributed by atoms with van der Waals surface area (Å²) in [5, 5.41) is 6.57. The molecule has 6 rings (SSSR count). The fourth-order valence-electron chi connectivity index (χ4n) is 5.35. The van der Waals surface area contributed by atoms with E-state index in [2.05, 4.69) is 38.6 Å². The predicted octanol–water partition coefficient (Wildman–Crippen LogP) is 6.75. The molecule has 0 amide bonds. The number of carbonyl (C=O) groups excluding carboxylic acids is 6. The van der Waals surface area contributed by atoms with Crippen molar-refractivity contribution >= 4 is 91.8 Å². The number of esters is 6. The normalized spacial score (nSPS) is 11.0. The second kappa shape index (κ2) is 27.2. The van der Waals surface area contributed by atoms with Gasteiger partial charge in [-0.3, -0.25) is 0 Å². The Bertz CT molecular complexity index is 3320. The minimum Gasteiger partial charge on any atom is -0.744 e. The number of methoxy groups -OCH3 is 6. The lowest BCUT2D eigenvalue weighted by atomic mass is 10.1. The standard InChI is InChI=1S/2C12H8ClF3N2O4.C7H8O3S.C6H5ClF3N2.C6H6O4/c1-21-10(19)7-8(11(20)22-2)17-18-4-5(13)3-6(9(7)18)12(14,15)16;1-21-10(19)7-8(11(20)22-2)17-18-4-5(12(14,15)16)3-6(13)9(7)18;1-6-2-4-7(5-3-6)11(8,9)10;7-5-1-4(6(8,9)10)2-12(11)3-5;1-9-5(7)3-4-6(8)10-2/h2*3-4H,1-2H3;2-5H,1H3,(H,8,9,10);1-3H,11H2;1-2H3/q;;;+1;/p-1. The Morgan fingerprint density at radius 3 is 1.40 bits per heavy atom. The van der Waals surface area contributed by atoms with Gasteiger partial charge in [0.05, 0.1) is 74.2 Å². The molecule has 21 nitrogen and oxygen atoms in total. The molecule has 0 radical (unpaired) electrons. The van der Waals surface area contributed by atoms with Crippen molar-refractivity contribution in [1.29, 1.82) is 0 Å². The van der Waals surface area contributed by atoms with E-state index in [-0.39, 0.29) is 26.0 Å². The second-order valence-electron chi connectivity index (χ2n) is 13.8. The molecule has 77 heavy (non-hydrogen) atoms. The number of pyridine rings is 3. The van der Waals surface area contributed by atoms with E-state index in [0.717, 1.165) is 57.1 Å². The average molecular weight is 1180 g/mol. The lowest BCUT2D eigenvalue weighted by molar-refractivity contribution is -0.639. The van der Waals surface area contributed by atoms with Crippen molar-refractivity contribution < 1.29 is 114 Å². The number of benzene rings is 1. The molecular weight excluding hydrogens is 1150 g/mol. The van der Waals surface area contributed by atoms with Crippen LogP contribution < -0.4 is 10.5 Å². The summed E-state index contributed by atoms with van der Waals surface area (Å²) in [6.07, 6.45) is -10.3. The van der Waals surface area contributed by atoms with Gasteiger partial charge in [-0.25, -0.2) is 52.1 Å². The summed E-state index contributed by atoms with van der Waals surface area (Å²) in [6.45, 7) is 1.82. The van der Waals surface area contributed by atoms with Gasteiger partial charge >= 0.3 is 54.3 Å². The van der Waals surface area contributed by atoms with Crippen LogP contribution in [0.2, 0.25) is 15.1 Å². The molecular formula is C43H34Cl3F9N6O15S. The van der Waals surface area contributed by atoms with Gasteiger partial charge in [-0.2, -0.15) is 49.7 Å². The molecule has 1 aromatic carbocycles. The molecule has 6 aromatic rings. The van der Waals surface area contributed by atoms with Gasteiger partial charge in [0.1, 0.15) is 37.3 Å². The third-order valence-electron chi connectivity index (χ3n) is 8.67. The molecule has 5 heterocycles. The number of ether oxygens (including phenoxy) is 6. The maximum atomic E-state index is 13.2. The first-order chi connectivity index (χ1) is 35.5. The van der Waals surface area contributed by atoms with E-state index >= 15 is 0 Å². The smallest absolute Gasteiger partial charge is 0.422 e. The molecule has 0 aliphatic rings. The molecule has 5 aromatic heterocycles. The SMILES string of the molecule is COC(=O)C#CC(=O)OC.COC(=O)c1nn2cc(C(F)(F)F)cc(Cl)c2c1C(=O)OC.COC(=O)c1nn2cc(Cl)cc(C(F)(F)F)c2c1C(=O)OC.Cc1ccc(S(=O)(=O)[O-])cc1.N[n+]1cc(Cl)cc(C(F)(F)F)c1. The number of hydrogen-bond donors (Lipinski definition) is 1. The van der Waals surface area contributed by atoms with Crippen LogP contribution in [-0.2, 0) is 66.7 Å². The number of nitrogen functional groups attached to an aromatic ring is 1. The number of aryl methyl sites for hydroxylation is 1. The number of rotatable bonds is 5. The minimum atomic E-state index is -4.82. The number of nitrogens with two attached hydrogens (primary N) is 1. The van der Waals surface area contributed by atoms with E-state index in [4.69, 9.17) is 40.6 Å². The molecule has 0 saturated carbocycles. The molecule has 0 atom stereocenters. The van der Waals surface area contributed by atoms with Crippen LogP contribution in [-0.4, -0.2) is 111 Å². The number of aromatic nitrogens is 5. The first-order valence-electron chi connectivity index (χ1n) is 19.7. The molecule has 0 aliphatic heterocycles. The fourth-order valence-corrected chi connectivity index (χ4v) is 6.55. The highest BCUT2D eigenvalue weighted by molar-refractivity contribution is 7.85. The topological polar surface area (TPSA) is 279 Å². The summed E-state index contributed by atoms with van der Waals surface area (Å²) >= 11 is 16.8. The summed E-state index contributed by atoms with van der Waals surface area (Å²) < 4.78 is 173. The van der Waals surface area contributed by atoms with Gasteiger partial charge in [0.15, 0.2) is 11.4 Å². The summed E-state index contributed by atoms with van der Waals surface area (Å²) in [7, 11) is 2.14. The van der Waals surface area contributed by atoms with Crippen molar-refractivity contribution in [2.24, 2.45) is 0 Å². The molecule has 0 bridgehead atoms. The van der Waals surface area contributed by atoms with Crippen molar-refractivity contribution in [3.05, 3.63) is 127 Å². The quantitative estimate of drug-likeness (QED) is 0.0273. The summed E-state index contributed by atoms with van der Waals surface area (Å²) in [5.41, 5.74) is -5.14. The molecule has 0 saturated heterocycles. The zero-order valence-corrected chi connectivity index (χ0v) is 42.8. The Morgan fingerprint density at radius 1 is 0.597 bits per heavy atom. The second-order valence-corrected chi connectivity index (χ2v) is 16.5. The maximum Gasteiger partial charge on any atom is 0.422 e.